The number of nitrogens with one attached hydrogen (secondary N) is 1. The van der Waals surface area contributed by atoms with E-state index in [1.165, 1.54) is 0 Å². The van der Waals surface area contributed by atoms with E-state index in [9.17, 15) is 4.79 Å². The smallest absolute Gasteiger partial charge is 0.237 e. The summed E-state index contributed by atoms with van der Waals surface area (Å²) in [7, 11) is 0. The first-order chi connectivity index (χ1) is 10.2. The third-order valence-corrected chi connectivity index (χ3v) is 3.33. The van der Waals surface area contributed by atoms with Crippen LogP contribution in [0.25, 0.3) is 5.69 Å². The van der Waals surface area contributed by atoms with Gasteiger partial charge in [0.05, 0.1) is 17.9 Å². The van der Waals surface area contributed by atoms with Gasteiger partial charge in [-0.15, -0.1) is 0 Å². The molecule has 5 heteroatoms. The number of rotatable bonds is 7. The van der Waals surface area contributed by atoms with Crippen molar-refractivity contribution in [2.24, 2.45) is 5.73 Å². The standard InChI is InChI=1S/C16H22N4O/c1-2-3-9-15(17)16(21)18-10-13-11-19-20(12-13)14-7-5-4-6-8-14/h4-8,11-12,15H,2-3,9-10,17H2,1H3,(H,18,21)/t15-/m0/s1. The first-order valence-corrected chi connectivity index (χ1v) is 7.33. The van der Waals surface area contributed by atoms with Gasteiger partial charge in [0.2, 0.25) is 5.91 Å². The normalized spacial score (nSPS) is 12.1. The van der Waals surface area contributed by atoms with Crippen LogP contribution in [0.5, 0.6) is 0 Å². The summed E-state index contributed by atoms with van der Waals surface area (Å²) in [5.41, 5.74) is 7.78. The fraction of sp³-hybridized carbons (Fsp3) is 0.375. The Hall–Kier alpha value is -2.14. The minimum atomic E-state index is -0.422. The van der Waals surface area contributed by atoms with Gasteiger partial charge in [-0.05, 0) is 18.6 Å². The summed E-state index contributed by atoms with van der Waals surface area (Å²) in [6, 6.07) is 9.43. The zero-order valence-corrected chi connectivity index (χ0v) is 12.3. The third kappa shape index (κ3) is 4.43. The predicted molar refractivity (Wildman–Crippen MR) is 82.9 cm³/mol. The number of benzene rings is 1. The highest BCUT2D eigenvalue weighted by molar-refractivity contribution is 5.81. The molecule has 0 aliphatic rings. The van der Waals surface area contributed by atoms with Crippen LogP contribution in [0.4, 0.5) is 0 Å². The van der Waals surface area contributed by atoms with Crippen LogP contribution >= 0.6 is 0 Å². The fourth-order valence-corrected chi connectivity index (χ4v) is 2.05. The molecule has 0 aliphatic carbocycles. The van der Waals surface area contributed by atoms with Gasteiger partial charge in [0.25, 0.3) is 0 Å². The maximum Gasteiger partial charge on any atom is 0.237 e. The lowest BCUT2D eigenvalue weighted by Gasteiger charge is -2.10. The maximum absolute atomic E-state index is 11.8. The van der Waals surface area contributed by atoms with E-state index in [0.717, 1.165) is 30.5 Å². The number of para-hydroxylation sites is 1. The number of carbonyl (C=O) groups is 1. The van der Waals surface area contributed by atoms with Gasteiger partial charge in [-0.25, -0.2) is 4.68 Å². The number of aromatic nitrogens is 2. The second-order valence-corrected chi connectivity index (χ2v) is 5.10. The summed E-state index contributed by atoms with van der Waals surface area (Å²) in [6.07, 6.45) is 6.41. The average Bonchev–Trinajstić information content (AvgIpc) is 3.00. The zero-order valence-electron chi connectivity index (χ0n) is 12.3. The van der Waals surface area contributed by atoms with Crippen LogP contribution in [0.1, 0.15) is 31.7 Å². The maximum atomic E-state index is 11.8. The van der Waals surface area contributed by atoms with Crippen LogP contribution in [0.3, 0.4) is 0 Å². The molecule has 0 aliphatic heterocycles. The van der Waals surface area contributed by atoms with Crippen molar-refractivity contribution in [2.75, 3.05) is 0 Å². The number of hydrogen-bond acceptors (Lipinski definition) is 3. The van der Waals surface area contributed by atoms with Crippen molar-refractivity contribution >= 4 is 5.91 Å². The topological polar surface area (TPSA) is 72.9 Å². The Bertz CT molecular complexity index is 565. The first-order valence-electron chi connectivity index (χ1n) is 7.33. The molecule has 5 nitrogen and oxygen atoms in total. The molecule has 0 unspecified atom stereocenters. The molecular weight excluding hydrogens is 264 g/mol. The summed E-state index contributed by atoms with van der Waals surface area (Å²) in [4.78, 5) is 11.8. The number of nitrogens with two attached hydrogens (primary N) is 1. The van der Waals surface area contributed by atoms with E-state index in [2.05, 4.69) is 17.3 Å². The second kappa shape index (κ2) is 7.59. The van der Waals surface area contributed by atoms with Crippen molar-refractivity contribution in [2.45, 2.75) is 38.8 Å². The van der Waals surface area contributed by atoms with Crippen LogP contribution < -0.4 is 11.1 Å². The lowest BCUT2D eigenvalue weighted by molar-refractivity contribution is -0.122. The number of carbonyl (C=O) groups excluding carboxylic acids is 1. The van der Waals surface area contributed by atoms with Gasteiger partial charge < -0.3 is 11.1 Å². The minimum absolute atomic E-state index is 0.101. The molecular formula is C16H22N4O. The highest BCUT2D eigenvalue weighted by atomic mass is 16.2. The van der Waals surface area contributed by atoms with Crippen LogP contribution in [0, 0.1) is 0 Å². The number of nitrogens with zero attached hydrogens (tertiary/aromatic N) is 2. The quantitative estimate of drug-likeness (QED) is 0.817. The van der Waals surface area contributed by atoms with Gasteiger partial charge >= 0.3 is 0 Å². The Morgan fingerprint density at radius 1 is 1.38 bits per heavy atom. The molecule has 2 rings (SSSR count). The van der Waals surface area contributed by atoms with Crippen molar-refractivity contribution in [1.29, 1.82) is 0 Å². The molecule has 3 N–H and O–H groups in total. The number of hydrogen-bond donors (Lipinski definition) is 2. The van der Waals surface area contributed by atoms with Gasteiger partial charge in [-0.3, -0.25) is 4.79 Å². The Kier molecular flexibility index (Phi) is 5.51. The van der Waals surface area contributed by atoms with Crippen LogP contribution in [-0.4, -0.2) is 21.7 Å². The molecule has 1 atom stereocenters. The van der Waals surface area contributed by atoms with E-state index in [-0.39, 0.29) is 5.91 Å². The van der Waals surface area contributed by atoms with E-state index in [0.29, 0.717) is 6.54 Å². The third-order valence-electron chi connectivity index (χ3n) is 3.33. The molecule has 0 saturated heterocycles. The van der Waals surface area contributed by atoms with Gasteiger partial charge in [-0.1, -0.05) is 38.0 Å². The Balaban J connectivity index is 1.87. The summed E-state index contributed by atoms with van der Waals surface area (Å²) >= 11 is 0. The summed E-state index contributed by atoms with van der Waals surface area (Å²) in [6.45, 7) is 2.54. The lowest BCUT2D eigenvalue weighted by atomic mass is 10.1. The highest BCUT2D eigenvalue weighted by Crippen LogP contribution is 2.07. The van der Waals surface area contributed by atoms with Crippen LogP contribution in [0.2, 0.25) is 0 Å². The SMILES string of the molecule is CCCC[C@H](N)C(=O)NCc1cnn(-c2ccccc2)c1. The molecule has 0 bridgehead atoms. The molecule has 0 spiro atoms. The summed E-state index contributed by atoms with van der Waals surface area (Å²) < 4.78 is 1.79. The summed E-state index contributed by atoms with van der Waals surface area (Å²) in [5, 5.41) is 7.15. The molecule has 1 amide bonds. The highest BCUT2D eigenvalue weighted by Gasteiger charge is 2.12. The molecule has 0 fully saturated rings. The average molecular weight is 286 g/mol. The van der Waals surface area contributed by atoms with E-state index in [1.54, 1.807) is 10.9 Å². The molecule has 0 saturated carbocycles. The Morgan fingerprint density at radius 3 is 2.86 bits per heavy atom. The molecule has 1 aromatic carbocycles. The van der Waals surface area contributed by atoms with E-state index in [4.69, 9.17) is 5.73 Å². The molecule has 2 aromatic rings. The van der Waals surface area contributed by atoms with Gasteiger partial charge in [0.1, 0.15) is 0 Å². The van der Waals surface area contributed by atoms with Gasteiger partial charge in [0, 0.05) is 18.3 Å². The van der Waals surface area contributed by atoms with Crippen LogP contribution in [-0.2, 0) is 11.3 Å². The van der Waals surface area contributed by atoms with E-state index >= 15 is 0 Å². The zero-order chi connectivity index (χ0) is 15.1. The minimum Gasteiger partial charge on any atom is -0.351 e. The monoisotopic (exact) mass is 286 g/mol. The van der Waals surface area contributed by atoms with E-state index in [1.807, 2.05) is 36.5 Å². The fourth-order valence-electron chi connectivity index (χ4n) is 2.05. The largest absolute Gasteiger partial charge is 0.351 e. The van der Waals surface area contributed by atoms with Crippen LogP contribution in [0.15, 0.2) is 42.7 Å². The first kappa shape index (κ1) is 15.3. The molecule has 0 radical (unpaired) electrons. The number of amides is 1. The van der Waals surface area contributed by atoms with E-state index < -0.39 is 6.04 Å². The Morgan fingerprint density at radius 2 is 2.14 bits per heavy atom. The second-order valence-electron chi connectivity index (χ2n) is 5.10. The molecule has 1 aromatic heterocycles. The molecule has 21 heavy (non-hydrogen) atoms. The molecule has 1 heterocycles. The van der Waals surface area contributed by atoms with Crippen molar-refractivity contribution in [1.82, 2.24) is 15.1 Å². The molecule has 112 valence electrons. The predicted octanol–water partition coefficient (Wildman–Crippen LogP) is 2.01. The van der Waals surface area contributed by atoms with Crippen molar-refractivity contribution in [3.63, 3.8) is 0 Å². The van der Waals surface area contributed by atoms with Gasteiger partial charge in [0.15, 0.2) is 0 Å². The van der Waals surface area contributed by atoms with Crippen molar-refractivity contribution < 1.29 is 4.79 Å². The summed E-state index contributed by atoms with van der Waals surface area (Å²) in [5.74, 6) is -0.101. The van der Waals surface area contributed by atoms with Crippen molar-refractivity contribution in [3.05, 3.63) is 48.3 Å². The Labute approximate surface area is 125 Å². The van der Waals surface area contributed by atoms with Crippen molar-refractivity contribution in [3.8, 4) is 5.69 Å². The van der Waals surface area contributed by atoms with Gasteiger partial charge in [-0.2, -0.15) is 5.10 Å². The number of unbranched alkanes of at least 4 members (excludes halogenated alkanes) is 1. The lowest BCUT2D eigenvalue weighted by Crippen LogP contribution is -2.40.